The van der Waals surface area contributed by atoms with Crippen molar-refractivity contribution in [3.63, 3.8) is 0 Å². The maximum absolute atomic E-state index is 3.85. The van der Waals surface area contributed by atoms with Crippen molar-refractivity contribution in [1.82, 2.24) is 0 Å². The maximum atomic E-state index is 3.85. The van der Waals surface area contributed by atoms with Gasteiger partial charge in [0.2, 0.25) is 0 Å². The van der Waals surface area contributed by atoms with Gasteiger partial charge in [-0.3, -0.25) is 0 Å². The number of benzene rings is 4. The molecule has 2 heteroatoms. The summed E-state index contributed by atoms with van der Waals surface area (Å²) in [5.41, 5.74) is 8.98. The van der Waals surface area contributed by atoms with Crippen molar-refractivity contribution >= 4 is 22.0 Å². The third kappa shape index (κ3) is 4.93. The Labute approximate surface area is 210 Å². The molecule has 0 nitrogen and oxygen atoms in total. The number of rotatable bonds is 7. The number of hydrogen-bond donors (Lipinski definition) is 0. The molecule has 0 bridgehead atoms. The zero-order valence-corrected chi connectivity index (χ0v) is 23.1. The molecule has 0 N–H and O–H groups in total. The summed E-state index contributed by atoms with van der Waals surface area (Å²) in [4.78, 5) is 0. The summed E-state index contributed by atoms with van der Waals surface area (Å²) >= 11 is 0.802. The fourth-order valence-electron chi connectivity index (χ4n) is 5.83. The van der Waals surface area contributed by atoms with E-state index in [9.17, 15) is 0 Å². The van der Waals surface area contributed by atoms with E-state index in [1.165, 1.54) is 39.1 Å². The molecule has 0 amide bonds. The fraction of sp³-hybridized carbons (Fsp3) is 0.161. The van der Waals surface area contributed by atoms with Crippen LogP contribution in [0.2, 0.25) is 0 Å². The Morgan fingerprint density at radius 2 is 1.06 bits per heavy atom. The first-order chi connectivity index (χ1) is 16.1. The van der Waals surface area contributed by atoms with E-state index in [2.05, 4.69) is 138 Å². The van der Waals surface area contributed by atoms with Crippen LogP contribution in [-0.4, -0.2) is 0 Å². The molecule has 4 aromatic rings. The zero-order valence-electron chi connectivity index (χ0n) is 19.0. The van der Waals surface area contributed by atoms with Crippen LogP contribution in [0.3, 0.4) is 0 Å². The molecule has 0 fully saturated rings. The molecule has 1 atom stereocenters. The van der Waals surface area contributed by atoms with Crippen LogP contribution in [0.25, 0.3) is 6.08 Å². The van der Waals surface area contributed by atoms with E-state index in [-0.39, 0.29) is 0 Å². The van der Waals surface area contributed by atoms with E-state index < -0.39 is 20.3 Å². The van der Waals surface area contributed by atoms with Crippen molar-refractivity contribution in [2.24, 2.45) is 0 Å². The number of allylic oxidation sites excluding steroid dienone is 1. The van der Waals surface area contributed by atoms with Gasteiger partial charge < -0.3 is 0 Å². The summed E-state index contributed by atoms with van der Waals surface area (Å²) in [6, 6.07) is 40.5. The summed E-state index contributed by atoms with van der Waals surface area (Å²) < 4.78 is 5.50. The first-order valence-electron chi connectivity index (χ1n) is 11.7. The molecule has 0 radical (unpaired) electrons. The van der Waals surface area contributed by atoms with Gasteiger partial charge in [0.15, 0.2) is 0 Å². The third-order valence-corrected chi connectivity index (χ3v) is 20.8. The van der Waals surface area contributed by atoms with Crippen molar-refractivity contribution in [2.45, 2.75) is 22.9 Å². The Hall–Kier alpha value is -2.02. The van der Waals surface area contributed by atoms with E-state index >= 15 is 0 Å². The Bertz CT molecular complexity index is 1140. The molecule has 1 unspecified atom stereocenters. The average molecular weight is 573 g/mol. The van der Waals surface area contributed by atoms with Crippen LogP contribution in [0.1, 0.15) is 38.4 Å². The van der Waals surface area contributed by atoms with E-state index in [1.807, 2.05) is 0 Å². The van der Waals surface area contributed by atoms with E-state index in [0.29, 0.717) is 3.63 Å². The Balaban J connectivity index is 1.70. The topological polar surface area (TPSA) is 0 Å². The molecule has 0 aliphatic heterocycles. The monoisotopic (exact) mass is 570 g/mol. The molecule has 33 heavy (non-hydrogen) atoms. The van der Waals surface area contributed by atoms with Crippen LogP contribution < -0.4 is 0 Å². The second-order valence-corrected chi connectivity index (χ2v) is 21.0. The van der Waals surface area contributed by atoms with Gasteiger partial charge in [-0.25, -0.2) is 0 Å². The average Bonchev–Trinajstić information content (AvgIpc) is 3.19. The molecular weight excluding hydrogens is 543 g/mol. The van der Waals surface area contributed by atoms with Crippen molar-refractivity contribution in [3.8, 4) is 0 Å². The van der Waals surface area contributed by atoms with Gasteiger partial charge in [-0.2, -0.15) is 0 Å². The molecule has 0 saturated carbocycles. The Kier molecular flexibility index (Phi) is 6.95. The van der Waals surface area contributed by atoms with Gasteiger partial charge in [0.1, 0.15) is 0 Å². The normalized spacial score (nSPS) is 15.2. The van der Waals surface area contributed by atoms with Gasteiger partial charge >= 0.3 is 212 Å². The molecular formula is C31H29BrZr. The van der Waals surface area contributed by atoms with Crippen molar-refractivity contribution in [3.05, 3.63) is 147 Å². The van der Waals surface area contributed by atoms with Crippen LogP contribution in [0, 0.1) is 0 Å². The number of hydrogen-bond acceptors (Lipinski definition) is 0. The summed E-state index contributed by atoms with van der Waals surface area (Å²) in [5, 5.41) is 0. The summed E-state index contributed by atoms with van der Waals surface area (Å²) in [6.45, 7) is 2.38. The molecule has 164 valence electrons. The molecule has 0 aromatic heterocycles. The van der Waals surface area contributed by atoms with Gasteiger partial charge in [0.05, 0.1) is 0 Å². The van der Waals surface area contributed by atoms with Gasteiger partial charge in [-0.15, -0.1) is 0 Å². The van der Waals surface area contributed by atoms with E-state index in [0.717, 1.165) is 0 Å². The fourth-order valence-corrected chi connectivity index (χ4v) is 21.3. The first kappa shape index (κ1) is 22.8. The van der Waals surface area contributed by atoms with Crippen LogP contribution in [0.4, 0.5) is 0 Å². The van der Waals surface area contributed by atoms with Gasteiger partial charge in [-0.1, -0.05) is 0 Å². The predicted molar refractivity (Wildman–Crippen MR) is 141 cm³/mol. The van der Waals surface area contributed by atoms with Crippen molar-refractivity contribution in [1.29, 1.82) is 0 Å². The molecule has 5 rings (SSSR count). The van der Waals surface area contributed by atoms with Crippen LogP contribution >= 0.6 is 15.9 Å². The SMILES string of the molecule is CC1=Cc2c(Br)cccc2[CH]1[Zr]([CH2]c1ccccc1)([CH2]c1ccccc1)[CH2]c1ccccc1. The molecule has 4 aromatic carbocycles. The third-order valence-electron chi connectivity index (χ3n) is 7.03. The Morgan fingerprint density at radius 1 is 0.606 bits per heavy atom. The Morgan fingerprint density at radius 3 is 1.52 bits per heavy atom. The zero-order chi connectivity index (χ0) is 22.7. The minimum atomic E-state index is -3.05. The standard InChI is InChI=1S/C10H8Br.3C7H7.Zr/c1-7-5-8-3-2-4-10(11)9(8)6-7;3*1-7-5-3-2-4-6-7;/h2-6H,1H3;3*2-6H,1H2;. The second kappa shape index (κ2) is 10.1. The predicted octanol–water partition coefficient (Wildman–Crippen LogP) is 8.66. The summed E-state index contributed by atoms with van der Waals surface area (Å²) in [7, 11) is 0. The van der Waals surface area contributed by atoms with Gasteiger partial charge in [0.25, 0.3) is 0 Å². The van der Waals surface area contributed by atoms with Crippen molar-refractivity contribution < 1.29 is 20.3 Å². The van der Waals surface area contributed by atoms with Crippen LogP contribution in [0.5, 0.6) is 0 Å². The summed E-state index contributed by atoms with van der Waals surface area (Å²) in [5.74, 6) is 0. The van der Waals surface area contributed by atoms with Gasteiger partial charge in [-0.05, 0) is 0 Å². The van der Waals surface area contributed by atoms with E-state index in [1.54, 1.807) is 11.1 Å². The minimum absolute atomic E-state index is 0.562. The quantitative estimate of drug-likeness (QED) is 0.208. The van der Waals surface area contributed by atoms with Crippen molar-refractivity contribution in [2.75, 3.05) is 0 Å². The molecule has 1 aliphatic carbocycles. The molecule has 0 spiro atoms. The summed E-state index contributed by atoms with van der Waals surface area (Å²) in [6.07, 6.45) is 2.46. The number of fused-ring (bicyclic) bond motifs is 1. The van der Waals surface area contributed by atoms with Crippen LogP contribution in [0.15, 0.2) is 119 Å². The molecule has 1 aliphatic rings. The molecule has 0 saturated heterocycles. The molecule has 0 heterocycles. The number of halogens is 1. The van der Waals surface area contributed by atoms with Gasteiger partial charge in [0, 0.05) is 0 Å². The second-order valence-electron chi connectivity index (χ2n) is 9.41. The van der Waals surface area contributed by atoms with E-state index in [4.69, 9.17) is 0 Å². The first-order valence-corrected chi connectivity index (χ1v) is 19.2. The van der Waals surface area contributed by atoms with Crippen LogP contribution in [-0.2, 0) is 32.7 Å².